The van der Waals surface area contributed by atoms with Crippen molar-refractivity contribution in [1.29, 1.82) is 0 Å². The van der Waals surface area contributed by atoms with Crippen molar-refractivity contribution in [2.24, 2.45) is 0 Å². The molecule has 0 fully saturated rings. The Morgan fingerprint density at radius 1 is 1.42 bits per heavy atom. The molecular weight excluding hydrogens is 152 g/mol. The summed E-state index contributed by atoms with van der Waals surface area (Å²) < 4.78 is 5.43. The second kappa shape index (κ2) is 3.72. The third kappa shape index (κ3) is 2.08. The van der Waals surface area contributed by atoms with Crippen LogP contribution < -0.4 is 0 Å². The van der Waals surface area contributed by atoms with Gasteiger partial charge in [-0.05, 0) is 20.5 Å². The van der Waals surface area contributed by atoms with Crippen LogP contribution in [0.15, 0.2) is 4.42 Å². The average molecular weight is 168 g/mol. The Bertz CT molecular complexity index is 255. The van der Waals surface area contributed by atoms with E-state index in [1.807, 2.05) is 13.8 Å². The molecule has 0 saturated heterocycles. The molecule has 0 aliphatic rings. The van der Waals surface area contributed by atoms with Crippen molar-refractivity contribution in [3.8, 4) is 0 Å². The number of rotatable bonds is 3. The molecule has 1 heterocycles. The first kappa shape index (κ1) is 9.26. The van der Waals surface area contributed by atoms with E-state index in [4.69, 9.17) is 4.42 Å². The number of aromatic nitrogens is 1. The van der Waals surface area contributed by atoms with Gasteiger partial charge in [-0.3, -0.25) is 4.90 Å². The van der Waals surface area contributed by atoms with Crippen molar-refractivity contribution >= 4 is 0 Å². The van der Waals surface area contributed by atoms with Crippen molar-refractivity contribution in [1.82, 2.24) is 9.88 Å². The fourth-order valence-corrected chi connectivity index (χ4v) is 1.08. The molecule has 1 aromatic heterocycles. The van der Waals surface area contributed by atoms with Gasteiger partial charge in [-0.15, -0.1) is 0 Å². The Hall–Kier alpha value is -0.830. The molecule has 0 spiro atoms. The molecule has 0 radical (unpaired) electrons. The van der Waals surface area contributed by atoms with Gasteiger partial charge in [-0.2, -0.15) is 0 Å². The Morgan fingerprint density at radius 2 is 2.08 bits per heavy atom. The molecular formula is C9H16N2O. The first-order chi connectivity index (χ1) is 5.63. The molecule has 0 aliphatic carbocycles. The molecule has 3 nitrogen and oxygen atoms in total. The van der Waals surface area contributed by atoms with Crippen LogP contribution in [0.2, 0.25) is 0 Å². The molecule has 12 heavy (non-hydrogen) atoms. The Kier molecular flexibility index (Phi) is 2.87. The van der Waals surface area contributed by atoms with Crippen molar-refractivity contribution < 1.29 is 4.42 Å². The molecule has 0 aliphatic heterocycles. The second-order valence-corrected chi connectivity index (χ2v) is 3.07. The zero-order chi connectivity index (χ0) is 9.14. The molecule has 0 atom stereocenters. The van der Waals surface area contributed by atoms with E-state index in [1.54, 1.807) is 0 Å². The zero-order valence-corrected chi connectivity index (χ0v) is 8.22. The van der Waals surface area contributed by atoms with Crippen LogP contribution in [-0.4, -0.2) is 23.5 Å². The fourth-order valence-electron chi connectivity index (χ4n) is 1.08. The van der Waals surface area contributed by atoms with Crippen molar-refractivity contribution in [3.63, 3.8) is 0 Å². The third-order valence-corrected chi connectivity index (χ3v) is 1.95. The summed E-state index contributed by atoms with van der Waals surface area (Å²) in [6, 6.07) is 0. The van der Waals surface area contributed by atoms with E-state index in [-0.39, 0.29) is 0 Å². The maximum Gasteiger partial charge on any atom is 0.191 e. The van der Waals surface area contributed by atoms with Gasteiger partial charge in [0.1, 0.15) is 5.76 Å². The smallest absolute Gasteiger partial charge is 0.191 e. The average Bonchev–Trinajstić information content (AvgIpc) is 2.30. The predicted molar refractivity (Wildman–Crippen MR) is 48.0 cm³/mol. The van der Waals surface area contributed by atoms with E-state index in [9.17, 15) is 0 Å². The third-order valence-electron chi connectivity index (χ3n) is 1.95. The Balaban J connectivity index is 2.68. The minimum absolute atomic E-state index is 0.756. The highest BCUT2D eigenvalue weighted by Gasteiger charge is 2.07. The standard InChI is InChI=1S/C9H16N2O/c1-5-11(4)6-9-7(2)10-8(3)12-9/h5-6H2,1-4H3. The van der Waals surface area contributed by atoms with Gasteiger partial charge >= 0.3 is 0 Å². The SMILES string of the molecule is CCN(C)Cc1oc(C)nc1C. The van der Waals surface area contributed by atoms with E-state index in [0.29, 0.717) is 0 Å². The molecule has 68 valence electrons. The summed E-state index contributed by atoms with van der Waals surface area (Å²) in [5.41, 5.74) is 1.01. The molecule has 0 saturated carbocycles. The minimum Gasteiger partial charge on any atom is -0.444 e. The van der Waals surface area contributed by atoms with Crippen LogP contribution in [0.5, 0.6) is 0 Å². The molecule has 0 bridgehead atoms. The highest BCUT2D eigenvalue weighted by Crippen LogP contribution is 2.10. The van der Waals surface area contributed by atoms with Crippen LogP contribution in [0.4, 0.5) is 0 Å². The van der Waals surface area contributed by atoms with Gasteiger partial charge in [0, 0.05) is 6.92 Å². The lowest BCUT2D eigenvalue weighted by Crippen LogP contribution is -2.16. The monoisotopic (exact) mass is 168 g/mol. The van der Waals surface area contributed by atoms with Gasteiger partial charge < -0.3 is 4.42 Å². The van der Waals surface area contributed by atoms with Crippen LogP contribution in [0.3, 0.4) is 0 Å². The molecule has 0 amide bonds. The summed E-state index contributed by atoms with van der Waals surface area (Å²) in [7, 11) is 2.07. The lowest BCUT2D eigenvalue weighted by atomic mass is 10.3. The summed E-state index contributed by atoms with van der Waals surface area (Å²) in [4.78, 5) is 6.39. The van der Waals surface area contributed by atoms with E-state index in [0.717, 1.165) is 30.4 Å². The maximum absolute atomic E-state index is 5.43. The van der Waals surface area contributed by atoms with Crippen molar-refractivity contribution in [2.45, 2.75) is 27.3 Å². The lowest BCUT2D eigenvalue weighted by molar-refractivity contribution is 0.304. The summed E-state index contributed by atoms with van der Waals surface area (Å²) >= 11 is 0. The summed E-state index contributed by atoms with van der Waals surface area (Å²) in [6.07, 6.45) is 0. The highest BCUT2D eigenvalue weighted by atomic mass is 16.4. The van der Waals surface area contributed by atoms with E-state index < -0.39 is 0 Å². The predicted octanol–water partition coefficient (Wildman–Crippen LogP) is 1.74. The van der Waals surface area contributed by atoms with Gasteiger partial charge in [-0.25, -0.2) is 4.98 Å². The number of oxazole rings is 1. The highest BCUT2D eigenvalue weighted by molar-refractivity contribution is 5.06. The van der Waals surface area contributed by atoms with Crippen LogP contribution in [0.25, 0.3) is 0 Å². The largest absolute Gasteiger partial charge is 0.444 e. The van der Waals surface area contributed by atoms with E-state index in [1.165, 1.54) is 0 Å². The van der Waals surface area contributed by atoms with Gasteiger partial charge in [0.05, 0.1) is 12.2 Å². The maximum atomic E-state index is 5.43. The van der Waals surface area contributed by atoms with Gasteiger partial charge in [0.25, 0.3) is 0 Å². The Labute approximate surface area is 73.4 Å². The van der Waals surface area contributed by atoms with E-state index in [2.05, 4.69) is 23.9 Å². The molecule has 3 heteroatoms. The first-order valence-electron chi connectivity index (χ1n) is 4.25. The normalized spacial score (nSPS) is 11.1. The molecule has 0 N–H and O–H groups in total. The topological polar surface area (TPSA) is 29.3 Å². The van der Waals surface area contributed by atoms with Crippen molar-refractivity contribution in [3.05, 3.63) is 17.3 Å². The van der Waals surface area contributed by atoms with Crippen LogP contribution in [0, 0.1) is 13.8 Å². The molecule has 1 aromatic rings. The van der Waals surface area contributed by atoms with Crippen LogP contribution >= 0.6 is 0 Å². The summed E-state index contributed by atoms with van der Waals surface area (Å²) in [5, 5.41) is 0. The Morgan fingerprint density at radius 3 is 2.50 bits per heavy atom. The number of hydrogen-bond acceptors (Lipinski definition) is 3. The molecule has 0 aromatic carbocycles. The number of aryl methyl sites for hydroxylation is 2. The second-order valence-electron chi connectivity index (χ2n) is 3.07. The summed E-state index contributed by atoms with van der Waals surface area (Å²) in [5.74, 6) is 1.74. The zero-order valence-electron chi connectivity index (χ0n) is 8.22. The van der Waals surface area contributed by atoms with Gasteiger partial charge in [0.15, 0.2) is 5.89 Å². The van der Waals surface area contributed by atoms with Gasteiger partial charge in [-0.1, -0.05) is 6.92 Å². The summed E-state index contributed by atoms with van der Waals surface area (Å²) in [6.45, 7) is 7.86. The van der Waals surface area contributed by atoms with Crippen molar-refractivity contribution in [2.75, 3.05) is 13.6 Å². The lowest BCUT2D eigenvalue weighted by Gasteiger charge is -2.11. The first-order valence-corrected chi connectivity index (χ1v) is 4.25. The molecule has 0 unspecified atom stereocenters. The van der Waals surface area contributed by atoms with Crippen LogP contribution in [-0.2, 0) is 6.54 Å². The van der Waals surface area contributed by atoms with Crippen LogP contribution in [0.1, 0.15) is 24.3 Å². The number of nitrogens with zero attached hydrogens (tertiary/aromatic N) is 2. The molecule has 1 rings (SSSR count). The van der Waals surface area contributed by atoms with Gasteiger partial charge in [0.2, 0.25) is 0 Å². The fraction of sp³-hybridized carbons (Fsp3) is 0.667. The van der Waals surface area contributed by atoms with E-state index >= 15 is 0 Å². The minimum atomic E-state index is 0.756. The number of hydrogen-bond donors (Lipinski definition) is 0. The quantitative estimate of drug-likeness (QED) is 0.688.